The van der Waals surface area contributed by atoms with E-state index < -0.39 is 0 Å². The molecule has 0 N–H and O–H groups in total. The second-order valence-corrected chi connectivity index (χ2v) is 5.49. The van der Waals surface area contributed by atoms with E-state index in [2.05, 4.69) is 25.8 Å². The van der Waals surface area contributed by atoms with E-state index in [4.69, 9.17) is 0 Å². The molecule has 0 spiro atoms. The van der Waals surface area contributed by atoms with Crippen molar-refractivity contribution in [3.8, 4) is 0 Å². The molecule has 0 bridgehead atoms. The first-order chi connectivity index (χ1) is 9.39. The molecule has 0 aliphatic rings. The average molecular weight is 271 g/mol. The summed E-state index contributed by atoms with van der Waals surface area (Å²) in [7, 11) is 0. The van der Waals surface area contributed by atoms with Gasteiger partial charge >= 0.3 is 0 Å². The molecular formula is C15H17N3O2. The fraction of sp³-hybridized carbons (Fsp3) is 0.267. The molecule has 0 unspecified atom stereocenters. The second-order valence-electron chi connectivity index (χ2n) is 5.49. The summed E-state index contributed by atoms with van der Waals surface area (Å²) >= 11 is 0. The van der Waals surface area contributed by atoms with Gasteiger partial charge in [0.25, 0.3) is 5.69 Å². The maximum atomic E-state index is 10.9. The van der Waals surface area contributed by atoms with Gasteiger partial charge in [0, 0.05) is 29.6 Å². The Morgan fingerprint density at radius 1 is 1.15 bits per heavy atom. The van der Waals surface area contributed by atoms with Gasteiger partial charge in [-0.15, -0.1) is 0 Å². The van der Waals surface area contributed by atoms with Crippen LogP contribution in [0, 0.1) is 10.1 Å². The van der Waals surface area contributed by atoms with Crippen LogP contribution in [0.15, 0.2) is 48.8 Å². The zero-order valence-electron chi connectivity index (χ0n) is 11.8. The van der Waals surface area contributed by atoms with Crippen LogP contribution in [0.2, 0.25) is 0 Å². The lowest BCUT2D eigenvalue weighted by Gasteiger charge is -2.37. The highest BCUT2D eigenvalue weighted by atomic mass is 16.6. The Morgan fingerprint density at radius 2 is 1.85 bits per heavy atom. The van der Waals surface area contributed by atoms with Crippen molar-refractivity contribution < 1.29 is 4.92 Å². The van der Waals surface area contributed by atoms with Gasteiger partial charge in [-0.05, 0) is 39.0 Å². The molecule has 1 heterocycles. The van der Waals surface area contributed by atoms with Crippen molar-refractivity contribution in [2.75, 3.05) is 4.90 Å². The van der Waals surface area contributed by atoms with Crippen LogP contribution in [-0.4, -0.2) is 15.4 Å². The molecule has 0 saturated carbocycles. The lowest BCUT2D eigenvalue weighted by atomic mass is 10.0. The smallest absolute Gasteiger partial charge is 0.271 e. The number of nitro benzene ring substituents is 1. The molecule has 5 nitrogen and oxygen atoms in total. The van der Waals surface area contributed by atoms with Crippen LogP contribution in [0.4, 0.5) is 17.1 Å². The van der Waals surface area contributed by atoms with Crippen LogP contribution in [0.1, 0.15) is 20.8 Å². The number of pyridine rings is 1. The highest BCUT2D eigenvalue weighted by Gasteiger charge is 2.24. The molecule has 2 aromatic rings. The van der Waals surface area contributed by atoms with Crippen molar-refractivity contribution in [3.05, 3.63) is 58.9 Å². The maximum absolute atomic E-state index is 10.9. The molecule has 0 amide bonds. The molecular weight excluding hydrogens is 254 g/mol. The molecule has 0 atom stereocenters. The van der Waals surface area contributed by atoms with Crippen molar-refractivity contribution in [2.45, 2.75) is 26.3 Å². The van der Waals surface area contributed by atoms with Crippen molar-refractivity contribution in [2.24, 2.45) is 0 Å². The monoisotopic (exact) mass is 271 g/mol. The minimum atomic E-state index is -0.381. The van der Waals surface area contributed by atoms with E-state index in [-0.39, 0.29) is 16.1 Å². The Kier molecular flexibility index (Phi) is 3.70. The number of hydrogen-bond acceptors (Lipinski definition) is 4. The quantitative estimate of drug-likeness (QED) is 0.627. The van der Waals surface area contributed by atoms with Gasteiger partial charge < -0.3 is 4.90 Å². The highest BCUT2D eigenvalue weighted by Crippen LogP contribution is 2.34. The number of hydrogen-bond donors (Lipinski definition) is 0. The molecule has 104 valence electrons. The molecule has 0 radical (unpaired) electrons. The summed E-state index contributed by atoms with van der Waals surface area (Å²) in [5.41, 5.74) is 1.54. The number of nitrogens with zero attached hydrogens (tertiary/aromatic N) is 3. The van der Waals surface area contributed by atoms with Gasteiger partial charge in [-0.25, -0.2) is 0 Å². The molecule has 0 fully saturated rings. The molecule has 0 saturated heterocycles. The summed E-state index contributed by atoms with van der Waals surface area (Å²) in [6, 6.07) is 10.4. The van der Waals surface area contributed by atoms with Gasteiger partial charge in [0.2, 0.25) is 0 Å². The van der Waals surface area contributed by atoms with E-state index in [1.165, 1.54) is 6.07 Å². The summed E-state index contributed by atoms with van der Waals surface area (Å²) in [4.78, 5) is 16.7. The fourth-order valence-corrected chi connectivity index (χ4v) is 2.16. The van der Waals surface area contributed by atoms with Crippen LogP contribution in [-0.2, 0) is 0 Å². The van der Waals surface area contributed by atoms with Gasteiger partial charge in [0.05, 0.1) is 16.8 Å². The Labute approximate surface area is 118 Å². The lowest BCUT2D eigenvalue weighted by molar-refractivity contribution is -0.384. The highest BCUT2D eigenvalue weighted by molar-refractivity contribution is 5.66. The Balaban J connectivity index is 2.53. The van der Waals surface area contributed by atoms with Crippen molar-refractivity contribution in [3.63, 3.8) is 0 Å². The van der Waals surface area contributed by atoms with Gasteiger partial charge in [0.1, 0.15) is 0 Å². The third-order valence-electron chi connectivity index (χ3n) is 2.87. The van der Waals surface area contributed by atoms with Gasteiger partial charge in [-0.2, -0.15) is 0 Å². The summed E-state index contributed by atoms with van der Waals surface area (Å²) in [5.74, 6) is 0. The Hall–Kier alpha value is -2.43. The zero-order valence-corrected chi connectivity index (χ0v) is 11.8. The molecule has 0 aliphatic heterocycles. The number of aromatic nitrogens is 1. The number of benzene rings is 1. The van der Waals surface area contributed by atoms with Crippen molar-refractivity contribution in [1.82, 2.24) is 4.98 Å². The van der Waals surface area contributed by atoms with Crippen molar-refractivity contribution in [1.29, 1.82) is 0 Å². The Morgan fingerprint density at radius 3 is 2.40 bits per heavy atom. The van der Waals surface area contributed by atoms with E-state index >= 15 is 0 Å². The van der Waals surface area contributed by atoms with Crippen LogP contribution in [0.25, 0.3) is 0 Å². The normalized spacial score (nSPS) is 11.2. The SMILES string of the molecule is CC(C)(C)N(c1cccnc1)c1cccc([N+](=O)[O-])c1. The maximum Gasteiger partial charge on any atom is 0.271 e. The average Bonchev–Trinajstić information content (AvgIpc) is 2.39. The third-order valence-corrected chi connectivity index (χ3v) is 2.87. The predicted molar refractivity (Wildman–Crippen MR) is 79.2 cm³/mol. The van der Waals surface area contributed by atoms with Crippen LogP contribution < -0.4 is 4.90 Å². The fourth-order valence-electron chi connectivity index (χ4n) is 2.16. The van der Waals surface area contributed by atoms with E-state index in [9.17, 15) is 10.1 Å². The van der Waals surface area contributed by atoms with Crippen LogP contribution in [0.3, 0.4) is 0 Å². The summed E-state index contributed by atoms with van der Waals surface area (Å²) in [6.07, 6.45) is 3.46. The standard InChI is InChI=1S/C15H17N3O2/c1-15(2,3)17(14-8-5-9-16-11-14)12-6-4-7-13(10-12)18(19)20/h4-11H,1-3H3. The summed E-state index contributed by atoms with van der Waals surface area (Å²) < 4.78 is 0. The first-order valence-corrected chi connectivity index (χ1v) is 6.34. The molecule has 0 aliphatic carbocycles. The minimum absolute atomic E-state index is 0.0839. The molecule has 1 aromatic carbocycles. The summed E-state index contributed by atoms with van der Waals surface area (Å²) in [5, 5.41) is 10.9. The second kappa shape index (κ2) is 5.28. The first kappa shape index (κ1) is 14.0. The molecule has 1 aromatic heterocycles. The largest absolute Gasteiger partial charge is 0.335 e. The zero-order chi connectivity index (χ0) is 14.8. The first-order valence-electron chi connectivity index (χ1n) is 6.34. The van der Waals surface area contributed by atoms with E-state index in [1.54, 1.807) is 24.5 Å². The number of nitro groups is 1. The minimum Gasteiger partial charge on any atom is -0.335 e. The van der Waals surface area contributed by atoms with Crippen molar-refractivity contribution >= 4 is 17.1 Å². The molecule has 2 rings (SSSR count). The number of non-ortho nitro benzene ring substituents is 1. The van der Waals surface area contributed by atoms with Gasteiger partial charge in [-0.1, -0.05) is 6.07 Å². The van der Waals surface area contributed by atoms with E-state index in [1.807, 2.05) is 23.1 Å². The van der Waals surface area contributed by atoms with Gasteiger partial charge in [-0.3, -0.25) is 15.1 Å². The third kappa shape index (κ3) is 2.93. The molecule has 20 heavy (non-hydrogen) atoms. The molecule has 5 heteroatoms. The lowest BCUT2D eigenvalue weighted by Crippen LogP contribution is -2.37. The predicted octanol–water partition coefficient (Wildman–Crippen LogP) is 3.93. The van der Waals surface area contributed by atoms with E-state index in [0.29, 0.717) is 0 Å². The van der Waals surface area contributed by atoms with Gasteiger partial charge in [0.15, 0.2) is 0 Å². The van der Waals surface area contributed by atoms with E-state index in [0.717, 1.165) is 11.4 Å². The van der Waals surface area contributed by atoms with Crippen LogP contribution in [0.5, 0.6) is 0 Å². The number of anilines is 2. The number of rotatable bonds is 3. The summed E-state index contributed by atoms with van der Waals surface area (Å²) in [6.45, 7) is 6.16. The Bertz CT molecular complexity index is 606. The van der Waals surface area contributed by atoms with Crippen LogP contribution >= 0.6 is 0 Å². The topological polar surface area (TPSA) is 59.3 Å².